The van der Waals surface area contributed by atoms with E-state index in [2.05, 4.69) is 35.4 Å². The summed E-state index contributed by atoms with van der Waals surface area (Å²) in [4.78, 5) is 14.4. The first kappa shape index (κ1) is 18.5. The maximum Gasteiger partial charge on any atom is 0.314 e. The van der Waals surface area contributed by atoms with Gasteiger partial charge in [-0.25, -0.2) is 4.79 Å². The molecule has 0 aliphatic carbocycles. The summed E-state index contributed by atoms with van der Waals surface area (Å²) in [7, 11) is 1.68. The van der Waals surface area contributed by atoms with Crippen molar-refractivity contribution in [2.75, 3.05) is 46.5 Å². The first-order chi connectivity index (χ1) is 11.6. The lowest BCUT2D eigenvalue weighted by molar-refractivity contribution is 0.0162. The third-order valence-electron chi connectivity index (χ3n) is 4.11. The van der Waals surface area contributed by atoms with E-state index in [-0.39, 0.29) is 12.1 Å². The minimum atomic E-state index is -0.128. The van der Waals surface area contributed by atoms with Crippen molar-refractivity contribution < 1.29 is 14.3 Å². The number of nitrogens with zero attached hydrogens (tertiary/aromatic N) is 1. The van der Waals surface area contributed by atoms with Gasteiger partial charge in [-0.1, -0.05) is 32.0 Å². The number of amides is 2. The molecule has 6 heteroatoms. The van der Waals surface area contributed by atoms with E-state index in [9.17, 15) is 4.79 Å². The fraction of sp³-hybridized carbons (Fsp3) is 0.611. The Hall–Kier alpha value is -1.79. The number of benzene rings is 1. The maximum absolute atomic E-state index is 12.0. The Morgan fingerprint density at radius 2 is 1.88 bits per heavy atom. The Labute approximate surface area is 144 Å². The summed E-state index contributed by atoms with van der Waals surface area (Å²) >= 11 is 0. The molecule has 1 heterocycles. The van der Waals surface area contributed by atoms with Crippen molar-refractivity contribution >= 4 is 6.03 Å². The van der Waals surface area contributed by atoms with E-state index in [1.54, 1.807) is 7.11 Å². The fourth-order valence-electron chi connectivity index (χ4n) is 2.82. The van der Waals surface area contributed by atoms with E-state index in [0.717, 1.165) is 24.4 Å². The van der Waals surface area contributed by atoms with Crippen molar-refractivity contribution in [1.29, 1.82) is 0 Å². The van der Waals surface area contributed by atoms with Gasteiger partial charge in [-0.05, 0) is 12.0 Å². The molecule has 0 saturated carbocycles. The molecule has 0 spiro atoms. The van der Waals surface area contributed by atoms with Gasteiger partial charge in [0.05, 0.1) is 26.4 Å². The highest BCUT2D eigenvalue weighted by Crippen LogP contribution is 2.29. The summed E-state index contributed by atoms with van der Waals surface area (Å²) in [6.45, 7) is 8.47. The Kier molecular flexibility index (Phi) is 7.34. The SMILES string of the molecule is COc1ccccc1C(CNC(=O)NCC(C)C)N1CCOCC1. The highest BCUT2D eigenvalue weighted by Gasteiger charge is 2.25. The molecule has 134 valence electrons. The van der Waals surface area contributed by atoms with E-state index < -0.39 is 0 Å². The van der Waals surface area contributed by atoms with Crippen LogP contribution in [0.15, 0.2) is 24.3 Å². The molecule has 2 amide bonds. The number of urea groups is 1. The molecular formula is C18H29N3O3. The number of ether oxygens (including phenoxy) is 2. The lowest BCUT2D eigenvalue weighted by Crippen LogP contribution is -2.46. The van der Waals surface area contributed by atoms with Gasteiger partial charge in [0.1, 0.15) is 5.75 Å². The van der Waals surface area contributed by atoms with Crippen molar-refractivity contribution in [3.05, 3.63) is 29.8 Å². The summed E-state index contributed by atoms with van der Waals surface area (Å²) in [6, 6.07) is 7.92. The molecule has 0 bridgehead atoms. The van der Waals surface area contributed by atoms with Crippen LogP contribution < -0.4 is 15.4 Å². The van der Waals surface area contributed by atoms with Gasteiger partial charge in [-0.3, -0.25) is 4.90 Å². The lowest BCUT2D eigenvalue weighted by atomic mass is 10.0. The monoisotopic (exact) mass is 335 g/mol. The molecule has 1 fully saturated rings. The molecule has 1 unspecified atom stereocenters. The van der Waals surface area contributed by atoms with Gasteiger partial charge in [0, 0.05) is 31.7 Å². The second kappa shape index (κ2) is 9.49. The van der Waals surface area contributed by atoms with Crippen LogP contribution in [0.1, 0.15) is 25.5 Å². The molecule has 2 rings (SSSR count). The number of rotatable bonds is 7. The van der Waals surface area contributed by atoms with Gasteiger partial charge in [0.15, 0.2) is 0 Å². The van der Waals surface area contributed by atoms with Crippen LogP contribution in [0.25, 0.3) is 0 Å². The van der Waals surface area contributed by atoms with Crippen LogP contribution in [0, 0.1) is 5.92 Å². The van der Waals surface area contributed by atoms with Crippen LogP contribution in [-0.4, -0.2) is 57.4 Å². The van der Waals surface area contributed by atoms with Gasteiger partial charge in [0.25, 0.3) is 0 Å². The van der Waals surface area contributed by atoms with Crippen molar-refractivity contribution in [3.63, 3.8) is 0 Å². The number of nitrogens with one attached hydrogen (secondary N) is 2. The Morgan fingerprint density at radius 1 is 1.21 bits per heavy atom. The van der Waals surface area contributed by atoms with Gasteiger partial charge >= 0.3 is 6.03 Å². The van der Waals surface area contributed by atoms with E-state index in [0.29, 0.717) is 32.2 Å². The van der Waals surface area contributed by atoms with Gasteiger partial charge in [0.2, 0.25) is 0 Å². The van der Waals surface area contributed by atoms with Crippen LogP contribution in [0.5, 0.6) is 5.75 Å². The normalized spacial score (nSPS) is 16.7. The van der Waals surface area contributed by atoms with E-state index in [4.69, 9.17) is 9.47 Å². The number of methoxy groups -OCH3 is 1. The first-order valence-corrected chi connectivity index (χ1v) is 8.58. The third kappa shape index (κ3) is 5.39. The quantitative estimate of drug-likeness (QED) is 0.800. The molecule has 1 aromatic rings. The highest BCUT2D eigenvalue weighted by atomic mass is 16.5. The summed E-state index contributed by atoms with van der Waals surface area (Å²) in [5, 5.41) is 5.89. The summed E-state index contributed by atoms with van der Waals surface area (Å²) in [5.41, 5.74) is 1.09. The zero-order chi connectivity index (χ0) is 17.4. The first-order valence-electron chi connectivity index (χ1n) is 8.58. The summed E-state index contributed by atoms with van der Waals surface area (Å²) in [6.07, 6.45) is 0. The minimum Gasteiger partial charge on any atom is -0.496 e. The number of morpholine rings is 1. The van der Waals surface area contributed by atoms with E-state index >= 15 is 0 Å². The van der Waals surface area contributed by atoms with Crippen molar-refractivity contribution in [2.24, 2.45) is 5.92 Å². The van der Waals surface area contributed by atoms with Crippen molar-refractivity contribution in [1.82, 2.24) is 15.5 Å². The Balaban J connectivity index is 2.07. The topological polar surface area (TPSA) is 62.8 Å². The number of carbonyl (C=O) groups is 1. The van der Waals surface area contributed by atoms with Gasteiger partial charge < -0.3 is 20.1 Å². The summed E-state index contributed by atoms with van der Waals surface area (Å²) in [5.74, 6) is 1.28. The molecular weight excluding hydrogens is 306 g/mol. The molecule has 1 aliphatic rings. The standard InChI is InChI=1S/C18H29N3O3/c1-14(2)12-19-18(22)20-13-16(21-8-10-24-11-9-21)15-6-4-5-7-17(15)23-3/h4-7,14,16H,8-13H2,1-3H3,(H2,19,20,22). The summed E-state index contributed by atoms with van der Waals surface area (Å²) < 4.78 is 11.0. The van der Waals surface area contributed by atoms with Crippen LogP contribution in [0.3, 0.4) is 0 Å². The number of para-hydroxylation sites is 1. The molecule has 24 heavy (non-hydrogen) atoms. The number of hydrogen-bond acceptors (Lipinski definition) is 4. The fourth-order valence-corrected chi connectivity index (χ4v) is 2.82. The van der Waals surface area contributed by atoms with Gasteiger partial charge in [-0.15, -0.1) is 0 Å². The van der Waals surface area contributed by atoms with E-state index in [1.165, 1.54) is 0 Å². The van der Waals surface area contributed by atoms with Crippen molar-refractivity contribution in [2.45, 2.75) is 19.9 Å². The van der Waals surface area contributed by atoms with Crippen LogP contribution >= 0.6 is 0 Å². The highest BCUT2D eigenvalue weighted by molar-refractivity contribution is 5.73. The van der Waals surface area contributed by atoms with Crippen LogP contribution in [0.4, 0.5) is 4.79 Å². The Morgan fingerprint density at radius 3 is 2.54 bits per heavy atom. The zero-order valence-electron chi connectivity index (χ0n) is 14.9. The lowest BCUT2D eigenvalue weighted by Gasteiger charge is -2.35. The van der Waals surface area contributed by atoms with Gasteiger partial charge in [-0.2, -0.15) is 0 Å². The molecule has 0 aromatic heterocycles. The predicted octanol–water partition coefficient (Wildman–Crippen LogP) is 2.02. The average molecular weight is 335 g/mol. The van der Waals surface area contributed by atoms with E-state index in [1.807, 2.05) is 18.2 Å². The zero-order valence-corrected chi connectivity index (χ0v) is 14.9. The predicted molar refractivity (Wildman–Crippen MR) is 94.4 cm³/mol. The molecule has 6 nitrogen and oxygen atoms in total. The van der Waals surface area contributed by atoms with Crippen LogP contribution in [0.2, 0.25) is 0 Å². The third-order valence-corrected chi connectivity index (χ3v) is 4.11. The number of hydrogen-bond donors (Lipinski definition) is 2. The molecule has 2 N–H and O–H groups in total. The molecule has 1 aliphatic heterocycles. The molecule has 1 aromatic carbocycles. The molecule has 0 radical (unpaired) electrons. The Bertz CT molecular complexity index is 516. The average Bonchev–Trinajstić information content (AvgIpc) is 2.61. The molecule has 1 saturated heterocycles. The second-order valence-electron chi connectivity index (χ2n) is 6.39. The van der Waals surface area contributed by atoms with Crippen molar-refractivity contribution in [3.8, 4) is 5.75 Å². The number of carbonyl (C=O) groups excluding carboxylic acids is 1. The van der Waals surface area contributed by atoms with Crippen LogP contribution in [-0.2, 0) is 4.74 Å². The second-order valence-corrected chi connectivity index (χ2v) is 6.39. The maximum atomic E-state index is 12.0. The molecule has 1 atom stereocenters. The smallest absolute Gasteiger partial charge is 0.314 e. The largest absolute Gasteiger partial charge is 0.496 e. The minimum absolute atomic E-state index is 0.0647.